The van der Waals surface area contributed by atoms with E-state index in [1.54, 1.807) is 14.2 Å². The van der Waals surface area contributed by atoms with Gasteiger partial charge in [0.25, 0.3) is 0 Å². The summed E-state index contributed by atoms with van der Waals surface area (Å²) in [7, 11) is 3.25. The van der Waals surface area contributed by atoms with Gasteiger partial charge in [-0.05, 0) is 20.8 Å². The number of hydrogen-bond acceptors (Lipinski definition) is 4. The maximum Gasteiger partial charge on any atom is 0.0707 e. The molecular weight excluding hydrogens is 184 g/mol. The Balaban J connectivity index is 0. The standard InChI is InChI=1S/C8H18O3.C2H6O/c1-8(2,3)11-7-6-10-5-4-9;1-3-2/h9H,4-7H2,1-3H3;1-2H3. The van der Waals surface area contributed by atoms with Crippen molar-refractivity contribution in [3.63, 3.8) is 0 Å². The fourth-order valence-corrected chi connectivity index (χ4v) is 0.573. The van der Waals surface area contributed by atoms with Crippen LogP contribution in [0, 0.1) is 0 Å². The van der Waals surface area contributed by atoms with Gasteiger partial charge in [0.1, 0.15) is 0 Å². The van der Waals surface area contributed by atoms with Crippen LogP contribution in [0.4, 0.5) is 0 Å². The number of aliphatic hydroxyl groups is 1. The number of methoxy groups -OCH3 is 1. The molecule has 0 aliphatic rings. The molecule has 0 radical (unpaired) electrons. The molecule has 4 nitrogen and oxygen atoms in total. The van der Waals surface area contributed by atoms with Gasteiger partial charge < -0.3 is 19.3 Å². The first kappa shape index (κ1) is 16.3. The quantitative estimate of drug-likeness (QED) is 0.687. The highest BCUT2D eigenvalue weighted by molar-refractivity contribution is 4.57. The van der Waals surface area contributed by atoms with Crippen LogP contribution in [0.5, 0.6) is 0 Å². The summed E-state index contributed by atoms with van der Waals surface area (Å²) in [5.74, 6) is 0. The molecule has 0 aromatic carbocycles. The zero-order chi connectivity index (χ0) is 11.4. The van der Waals surface area contributed by atoms with Crippen molar-refractivity contribution >= 4 is 0 Å². The highest BCUT2D eigenvalue weighted by Gasteiger charge is 2.08. The van der Waals surface area contributed by atoms with Gasteiger partial charge >= 0.3 is 0 Å². The molecular formula is C10H24O4. The molecule has 0 amide bonds. The maximum atomic E-state index is 8.36. The first-order chi connectivity index (χ1) is 6.47. The fraction of sp³-hybridized carbons (Fsp3) is 1.00. The highest BCUT2D eigenvalue weighted by Crippen LogP contribution is 2.05. The van der Waals surface area contributed by atoms with E-state index in [0.29, 0.717) is 19.8 Å². The van der Waals surface area contributed by atoms with Crippen molar-refractivity contribution in [2.75, 3.05) is 40.6 Å². The Kier molecular flexibility index (Phi) is 12.7. The number of hydrogen-bond donors (Lipinski definition) is 1. The third-order valence-corrected chi connectivity index (χ3v) is 0.998. The molecule has 0 spiro atoms. The zero-order valence-corrected chi connectivity index (χ0v) is 10.0. The molecule has 0 saturated heterocycles. The molecule has 0 saturated carbocycles. The van der Waals surface area contributed by atoms with Gasteiger partial charge in [-0.2, -0.15) is 0 Å². The third kappa shape index (κ3) is 22.6. The van der Waals surface area contributed by atoms with E-state index in [4.69, 9.17) is 14.6 Å². The Morgan fingerprint density at radius 1 is 1.00 bits per heavy atom. The van der Waals surface area contributed by atoms with Gasteiger partial charge in [-0.15, -0.1) is 0 Å². The number of ether oxygens (including phenoxy) is 3. The molecule has 0 rings (SSSR count). The van der Waals surface area contributed by atoms with Crippen LogP contribution < -0.4 is 0 Å². The summed E-state index contributed by atoms with van der Waals surface area (Å²) in [6.45, 7) is 7.61. The molecule has 0 heterocycles. The van der Waals surface area contributed by atoms with E-state index >= 15 is 0 Å². The first-order valence-corrected chi connectivity index (χ1v) is 4.70. The fourth-order valence-electron chi connectivity index (χ4n) is 0.573. The van der Waals surface area contributed by atoms with Crippen LogP contribution in [-0.2, 0) is 14.2 Å². The van der Waals surface area contributed by atoms with Gasteiger partial charge in [-0.3, -0.25) is 0 Å². The Hall–Kier alpha value is -0.160. The molecule has 0 aromatic heterocycles. The Labute approximate surface area is 87.2 Å². The summed E-state index contributed by atoms with van der Waals surface area (Å²) in [5.41, 5.74) is -0.0947. The Bertz CT molecular complexity index is 98.8. The van der Waals surface area contributed by atoms with Crippen molar-refractivity contribution in [1.82, 2.24) is 0 Å². The lowest BCUT2D eigenvalue weighted by molar-refractivity contribution is -0.0384. The molecule has 0 atom stereocenters. The molecule has 4 heteroatoms. The second-order valence-corrected chi connectivity index (χ2v) is 3.71. The smallest absolute Gasteiger partial charge is 0.0707 e. The lowest BCUT2D eigenvalue weighted by atomic mass is 10.2. The number of aliphatic hydroxyl groups excluding tert-OH is 1. The minimum atomic E-state index is -0.0947. The minimum Gasteiger partial charge on any atom is -0.394 e. The van der Waals surface area contributed by atoms with Crippen molar-refractivity contribution in [1.29, 1.82) is 0 Å². The van der Waals surface area contributed by atoms with Crippen molar-refractivity contribution in [3.05, 3.63) is 0 Å². The second kappa shape index (κ2) is 10.9. The van der Waals surface area contributed by atoms with E-state index in [1.165, 1.54) is 0 Å². The predicted octanol–water partition coefficient (Wildman–Crippen LogP) is 1.07. The van der Waals surface area contributed by atoms with Gasteiger partial charge in [-0.1, -0.05) is 0 Å². The average molecular weight is 208 g/mol. The van der Waals surface area contributed by atoms with Crippen molar-refractivity contribution in [3.8, 4) is 0 Å². The molecule has 0 unspecified atom stereocenters. The minimum absolute atomic E-state index is 0.0789. The van der Waals surface area contributed by atoms with Crippen LogP contribution in [0.2, 0.25) is 0 Å². The SMILES string of the molecule is CC(C)(C)OCCOCCO.COC. The van der Waals surface area contributed by atoms with E-state index in [1.807, 2.05) is 20.8 Å². The van der Waals surface area contributed by atoms with Crippen LogP contribution in [0.3, 0.4) is 0 Å². The van der Waals surface area contributed by atoms with Gasteiger partial charge in [-0.25, -0.2) is 0 Å². The molecule has 14 heavy (non-hydrogen) atoms. The van der Waals surface area contributed by atoms with E-state index in [9.17, 15) is 0 Å². The summed E-state index contributed by atoms with van der Waals surface area (Å²) in [6.07, 6.45) is 0. The van der Waals surface area contributed by atoms with Gasteiger partial charge in [0.2, 0.25) is 0 Å². The average Bonchev–Trinajstić information content (AvgIpc) is 2.03. The van der Waals surface area contributed by atoms with Crippen LogP contribution in [0.15, 0.2) is 0 Å². The molecule has 0 aliphatic carbocycles. The topological polar surface area (TPSA) is 47.9 Å². The lowest BCUT2D eigenvalue weighted by Gasteiger charge is -2.19. The van der Waals surface area contributed by atoms with Crippen molar-refractivity contribution in [2.24, 2.45) is 0 Å². The largest absolute Gasteiger partial charge is 0.394 e. The van der Waals surface area contributed by atoms with E-state index < -0.39 is 0 Å². The van der Waals surface area contributed by atoms with Gasteiger partial charge in [0.15, 0.2) is 0 Å². The zero-order valence-electron chi connectivity index (χ0n) is 10.0. The summed E-state index contributed by atoms with van der Waals surface area (Å²) in [6, 6.07) is 0. The molecule has 0 fully saturated rings. The monoisotopic (exact) mass is 208 g/mol. The first-order valence-electron chi connectivity index (χ1n) is 4.70. The second-order valence-electron chi connectivity index (χ2n) is 3.71. The van der Waals surface area contributed by atoms with E-state index in [-0.39, 0.29) is 12.2 Å². The van der Waals surface area contributed by atoms with Gasteiger partial charge in [0, 0.05) is 14.2 Å². The lowest BCUT2D eigenvalue weighted by Crippen LogP contribution is -2.22. The van der Waals surface area contributed by atoms with Crippen molar-refractivity contribution < 1.29 is 19.3 Å². The Morgan fingerprint density at radius 3 is 1.86 bits per heavy atom. The molecule has 0 aromatic rings. The Morgan fingerprint density at radius 2 is 1.50 bits per heavy atom. The van der Waals surface area contributed by atoms with E-state index in [2.05, 4.69) is 4.74 Å². The molecule has 88 valence electrons. The van der Waals surface area contributed by atoms with Crippen LogP contribution in [-0.4, -0.2) is 51.4 Å². The normalized spacial score (nSPS) is 10.7. The summed E-state index contributed by atoms with van der Waals surface area (Å²) < 4.78 is 14.6. The summed E-state index contributed by atoms with van der Waals surface area (Å²) in [5, 5.41) is 8.36. The summed E-state index contributed by atoms with van der Waals surface area (Å²) >= 11 is 0. The highest BCUT2D eigenvalue weighted by atomic mass is 16.5. The summed E-state index contributed by atoms with van der Waals surface area (Å²) in [4.78, 5) is 0. The third-order valence-electron chi connectivity index (χ3n) is 0.998. The van der Waals surface area contributed by atoms with Crippen LogP contribution in [0.1, 0.15) is 20.8 Å². The van der Waals surface area contributed by atoms with Crippen LogP contribution in [0.25, 0.3) is 0 Å². The van der Waals surface area contributed by atoms with Crippen LogP contribution >= 0.6 is 0 Å². The molecule has 0 aliphatic heterocycles. The maximum absolute atomic E-state index is 8.36. The molecule has 0 bridgehead atoms. The van der Waals surface area contributed by atoms with Crippen molar-refractivity contribution in [2.45, 2.75) is 26.4 Å². The number of rotatable bonds is 5. The van der Waals surface area contributed by atoms with Gasteiger partial charge in [0.05, 0.1) is 32.0 Å². The van der Waals surface area contributed by atoms with E-state index in [0.717, 1.165) is 0 Å². The molecule has 1 N–H and O–H groups in total. The predicted molar refractivity (Wildman–Crippen MR) is 56.5 cm³/mol.